The number of amides is 1. The van der Waals surface area contributed by atoms with Crippen molar-refractivity contribution in [3.8, 4) is 17.1 Å². The second kappa shape index (κ2) is 9.83. The topological polar surface area (TPSA) is 77.2 Å². The number of hydrogen-bond donors (Lipinski definition) is 1. The fourth-order valence-corrected chi connectivity index (χ4v) is 3.58. The quantitative estimate of drug-likeness (QED) is 0.443. The van der Waals surface area contributed by atoms with Crippen molar-refractivity contribution in [1.29, 1.82) is 0 Å². The van der Waals surface area contributed by atoms with Crippen LogP contribution in [0.2, 0.25) is 5.02 Å². The summed E-state index contributed by atoms with van der Waals surface area (Å²) in [5.41, 5.74) is 0.678. The number of benzene rings is 2. The lowest BCUT2D eigenvalue weighted by Crippen LogP contribution is -2.23. The number of nitrogens with one attached hydrogen (secondary N) is 1. The molecule has 1 amide bonds. The molecule has 2 aromatic carbocycles. The first-order valence-corrected chi connectivity index (χ1v) is 10.8. The molecular weight excluding hydrogens is 467 g/mol. The van der Waals surface area contributed by atoms with Gasteiger partial charge in [-0.2, -0.15) is 18.2 Å². The molecule has 170 valence electrons. The molecule has 0 aliphatic carbocycles. The van der Waals surface area contributed by atoms with Crippen LogP contribution in [-0.4, -0.2) is 28.4 Å². The first kappa shape index (κ1) is 23.9. The van der Waals surface area contributed by atoms with Crippen molar-refractivity contribution in [2.24, 2.45) is 0 Å². The van der Waals surface area contributed by atoms with E-state index in [1.807, 2.05) is 6.92 Å². The number of carbonyl (C=O) groups is 1. The average Bonchev–Trinajstić information content (AvgIpc) is 3.23. The summed E-state index contributed by atoms with van der Waals surface area (Å²) in [7, 11) is 1.48. The molecule has 0 aliphatic rings. The van der Waals surface area contributed by atoms with Crippen LogP contribution in [0.15, 0.2) is 40.9 Å². The van der Waals surface area contributed by atoms with Crippen molar-refractivity contribution in [2.45, 2.75) is 31.0 Å². The number of hydrogen-bond acceptors (Lipinski definition) is 6. The summed E-state index contributed by atoms with van der Waals surface area (Å²) >= 11 is 7.32. The maximum atomic E-state index is 12.9. The summed E-state index contributed by atoms with van der Waals surface area (Å²) in [6, 6.07) is 8.02. The molecule has 0 saturated carbocycles. The number of nitrogens with zero attached hydrogens (tertiary/aromatic N) is 2. The number of alkyl halides is 3. The van der Waals surface area contributed by atoms with Gasteiger partial charge in [-0.05, 0) is 37.6 Å². The van der Waals surface area contributed by atoms with Crippen LogP contribution in [0.1, 0.15) is 23.9 Å². The Morgan fingerprint density at radius 2 is 2.06 bits per heavy atom. The molecule has 1 heterocycles. The van der Waals surface area contributed by atoms with Crippen LogP contribution in [0.3, 0.4) is 0 Å². The smallest absolute Gasteiger partial charge is 0.416 e. The normalized spacial score (nSPS) is 12.5. The van der Waals surface area contributed by atoms with Gasteiger partial charge in [0.2, 0.25) is 17.6 Å². The Balaban J connectivity index is 1.63. The number of thioether (sulfide) groups is 1. The van der Waals surface area contributed by atoms with Gasteiger partial charge < -0.3 is 14.6 Å². The third kappa shape index (κ3) is 5.74. The van der Waals surface area contributed by atoms with Gasteiger partial charge >= 0.3 is 6.18 Å². The zero-order valence-electron chi connectivity index (χ0n) is 17.3. The molecule has 3 aromatic rings. The summed E-state index contributed by atoms with van der Waals surface area (Å²) in [4.78, 5) is 16.7. The SMILES string of the molecule is COc1cc(Cl)c(C)cc1NC(=O)C(C)SCc1nc(-c2cccc(C(F)(F)F)c2)no1. The third-order valence-corrected chi connectivity index (χ3v) is 6.02. The standard InChI is InChI=1S/C21H19ClF3N3O3S/c1-11-7-16(17(30-3)9-15(11)22)26-20(29)12(2)32-10-18-27-19(28-31-18)13-5-4-6-14(8-13)21(23,24)25/h4-9,12H,10H2,1-3H3,(H,26,29). The molecule has 0 radical (unpaired) electrons. The molecule has 1 aromatic heterocycles. The fraction of sp³-hybridized carbons (Fsp3) is 0.286. The van der Waals surface area contributed by atoms with Crippen LogP contribution >= 0.6 is 23.4 Å². The zero-order valence-corrected chi connectivity index (χ0v) is 18.9. The lowest BCUT2D eigenvalue weighted by molar-refractivity contribution is -0.137. The second-order valence-electron chi connectivity index (χ2n) is 6.83. The highest BCUT2D eigenvalue weighted by Crippen LogP contribution is 2.33. The van der Waals surface area contributed by atoms with Gasteiger partial charge in [0, 0.05) is 16.7 Å². The van der Waals surface area contributed by atoms with E-state index < -0.39 is 17.0 Å². The lowest BCUT2D eigenvalue weighted by Gasteiger charge is -2.15. The van der Waals surface area contributed by atoms with Crippen LogP contribution < -0.4 is 10.1 Å². The summed E-state index contributed by atoms with van der Waals surface area (Å²) in [6.45, 7) is 3.52. The molecule has 3 rings (SSSR count). The van der Waals surface area contributed by atoms with Gasteiger partial charge in [-0.15, -0.1) is 11.8 Å². The number of carbonyl (C=O) groups excluding carboxylic acids is 1. The molecule has 1 unspecified atom stereocenters. The second-order valence-corrected chi connectivity index (χ2v) is 8.57. The molecule has 0 aliphatic heterocycles. The van der Waals surface area contributed by atoms with Crippen LogP contribution in [0.4, 0.5) is 18.9 Å². The zero-order chi connectivity index (χ0) is 23.5. The molecule has 1 atom stereocenters. The van der Waals surface area contributed by atoms with Gasteiger partial charge in [0.15, 0.2) is 0 Å². The van der Waals surface area contributed by atoms with E-state index >= 15 is 0 Å². The van der Waals surface area contributed by atoms with Crippen molar-refractivity contribution in [3.63, 3.8) is 0 Å². The summed E-state index contributed by atoms with van der Waals surface area (Å²) in [5.74, 6) is 0.616. The Morgan fingerprint density at radius 1 is 1.31 bits per heavy atom. The van der Waals surface area contributed by atoms with E-state index in [4.69, 9.17) is 20.9 Å². The van der Waals surface area contributed by atoms with Gasteiger partial charge in [0.1, 0.15) is 5.75 Å². The molecule has 0 fully saturated rings. The van der Waals surface area contributed by atoms with Crippen LogP contribution in [0.25, 0.3) is 11.4 Å². The predicted molar refractivity (Wildman–Crippen MR) is 117 cm³/mol. The Labute approximate surface area is 191 Å². The summed E-state index contributed by atoms with van der Waals surface area (Å²) in [6.07, 6.45) is -4.47. The molecule has 1 N–H and O–H groups in total. The van der Waals surface area contributed by atoms with Crippen LogP contribution in [-0.2, 0) is 16.7 Å². The largest absolute Gasteiger partial charge is 0.495 e. The minimum atomic E-state index is -4.47. The molecule has 6 nitrogen and oxygen atoms in total. The van der Waals surface area contributed by atoms with E-state index in [9.17, 15) is 18.0 Å². The van der Waals surface area contributed by atoms with Gasteiger partial charge in [-0.1, -0.05) is 28.9 Å². The Hall–Kier alpha value is -2.72. The number of halogens is 4. The first-order chi connectivity index (χ1) is 15.1. The van der Waals surface area contributed by atoms with E-state index in [-0.39, 0.29) is 28.9 Å². The lowest BCUT2D eigenvalue weighted by atomic mass is 10.1. The Bertz CT molecular complexity index is 1120. The first-order valence-electron chi connectivity index (χ1n) is 9.35. The number of ether oxygens (including phenoxy) is 1. The molecular formula is C21H19ClF3N3O3S. The van der Waals surface area contributed by atoms with Gasteiger partial charge in [-0.3, -0.25) is 4.79 Å². The number of aryl methyl sites for hydroxylation is 1. The maximum absolute atomic E-state index is 12.9. The van der Waals surface area contributed by atoms with Gasteiger partial charge in [0.25, 0.3) is 0 Å². The molecule has 0 bridgehead atoms. The van der Waals surface area contributed by atoms with Crippen molar-refractivity contribution in [3.05, 3.63) is 58.4 Å². The number of rotatable bonds is 7. The fourth-order valence-electron chi connectivity index (χ4n) is 2.70. The molecule has 0 spiro atoms. The highest BCUT2D eigenvalue weighted by molar-refractivity contribution is 7.99. The maximum Gasteiger partial charge on any atom is 0.416 e. The summed E-state index contributed by atoms with van der Waals surface area (Å²) in [5, 5.41) is 6.58. The monoisotopic (exact) mass is 485 g/mol. The molecule has 0 saturated heterocycles. The van der Waals surface area contributed by atoms with E-state index in [1.54, 1.807) is 19.1 Å². The van der Waals surface area contributed by atoms with Gasteiger partial charge in [-0.25, -0.2) is 0 Å². The molecule has 32 heavy (non-hydrogen) atoms. The van der Waals surface area contributed by atoms with Crippen molar-refractivity contribution in [1.82, 2.24) is 10.1 Å². The highest BCUT2D eigenvalue weighted by atomic mass is 35.5. The van der Waals surface area contributed by atoms with E-state index in [0.717, 1.165) is 17.7 Å². The minimum Gasteiger partial charge on any atom is -0.495 e. The Kier molecular flexibility index (Phi) is 7.35. The highest BCUT2D eigenvalue weighted by Gasteiger charge is 2.30. The summed E-state index contributed by atoms with van der Waals surface area (Å²) < 4.78 is 49.1. The number of methoxy groups -OCH3 is 1. The van der Waals surface area contributed by atoms with E-state index in [0.29, 0.717) is 16.5 Å². The number of aromatic nitrogens is 2. The van der Waals surface area contributed by atoms with Gasteiger partial charge in [0.05, 0.1) is 29.4 Å². The number of anilines is 1. The third-order valence-electron chi connectivity index (χ3n) is 4.48. The van der Waals surface area contributed by atoms with Crippen molar-refractivity contribution >= 4 is 35.0 Å². The van der Waals surface area contributed by atoms with Crippen LogP contribution in [0.5, 0.6) is 5.75 Å². The minimum absolute atomic E-state index is 0.0465. The van der Waals surface area contributed by atoms with Crippen LogP contribution in [0, 0.1) is 6.92 Å². The van der Waals surface area contributed by atoms with E-state index in [2.05, 4.69) is 15.5 Å². The Morgan fingerprint density at radius 3 is 2.75 bits per heavy atom. The van der Waals surface area contributed by atoms with Crippen molar-refractivity contribution < 1.29 is 27.2 Å². The average molecular weight is 486 g/mol. The predicted octanol–water partition coefficient (Wildman–Crippen LogP) is 5.99. The van der Waals surface area contributed by atoms with E-state index in [1.165, 1.54) is 31.0 Å². The van der Waals surface area contributed by atoms with Crippen molar-refractivity contribution in [2.75, 3.05) is 12.4 Å². The molecule has 11 heteroatoms.